The average molecular weight is 171 g/mol. The summed E-state index contributed by atoms with van der Waals surface area (Å²) in [5.74, 6) is 0.903. The monoisotopic (exact) mass is 171 g/mol. The predicted octanol–water partition coefficient (Wildman–Crippen LogP) is 2.48. The van der Waals surface area contributed by atoms with Gasteiger partial charge in [-0.1, -0.05) is 6.08 Å². The molecule has 0 N–H and O–H groups in total. The van der Waals surface area contributed by atoms with E-state index in [0.717, 1.165) is 17.9 Å². The molecule has 0 saturated heterocycles. The molecule has 1 rings (SSSR count). The lowest BCUT2D eigenvalue weighted by Crippen LogP contribution is -1.69. The second-order valence-corrected chi connectivity index (χ2v) is 2.99. The molecule has 0 saturated carbocycles. The molecular weight excluding hydrogens is 162 g/mol. The standard InChI is InChI=1S/C7H9NS2/c9-4-2-1-3-7-5-10-6-8-7/h1,3,5-6,9H,2,4H2. The van der Waals surface area contributed by atoms with E-state index in [1.165, 1.54) is 0 Å². The molecule has 0 fully saturated rings. The summed E-state index contributed by atoms with van der Waals surface area (Å²) in [7, 11) is 0. The maximum absolute atomic E-state index is 4.09. The predicted molar refractivity (Wildman–Crippen MR) is 49.6 cm³/mol. The first kappa shape index (κ1) is 7.82. The fourth-order valence-corrected chi connectivity index (χ4v) is 1.25. The molecule has 3 heteroatoms. The lowest BCUT2D eigenvalue weighted by molar-refractivity contribution is 1.26. The lowest BCUT2D eigenvalue weighted by Gasteiger charge is -1.81. The average Bonchev–Trinajstić information content (AvgIpc) is 2.41. The van der Waals surface area contributed by atoms with Crippen LogP contribution in [0.4, 0.5) is 0 Å². The van der Waals surface area contributed by atoms with Gasteiger partial charge >= 0.3 is 0 Å². The number of hydrogen-bond donors (Lipinski definition) is 1. The minimum absolute atomic E-state index is 0.903. The molecule has 0 aliphatic heterocycles. The minimum Gasteiger partial charge on any atom is -0.245 e. The molecule has 10 heavy (non-hydrogen) atoms. The summed E-state index contributed by atoms with van der Waals surface area (Å²) in [5, 5.41) is 2.02. The zero-order chi connectivity index (χ0) is 7.23. The molecule has 0 aromatic carbocycles. The maximum Gasteiger partial charge on any atom is 0.0798 e. The summed E-state index contributed by atoms with van der Waals surface area (Å²) in [5.41, 5.74) is 2.88. The van der Waals surface area contributed by atoms with Crippen LogP contribution in [0.15, 0.2) is 17.0 Å². The first-order chi connectivity index (χ1) is 4.93. The highest BCUT2D eigenvalue weighted by Crippen LogP contribution is 2.03. The molecule has 0 bridgehead atoms. The number of nitrogens with zero attached hydrogens (tertiary/aromatic N) is 1. The first-order valence-electron chi connectivity index (χ1n) is 3.09. The fraction of sp³-hybridized carbons (Fsp3) is 0.286. The van der Waals surface area contributed by atoms with Crippen LogP contribution in [0, 0.1) is 0 Å². The van der Waals surface area contributed by atoms with Crippen LogP contribution in [-0.4, -0.2) is 10.7 Å². The minimum atomic E-state index is 0.903. The largest absolute Gasteiger partial charge is 0.245 e. The van der Waals surface area contributed by atoms with Gasteiger partial charge in [-0.05, 0) is 18.2 Å². The number of allylic oxidation sites excluding steroid dienone is 1. The zero-order valence-corrected chi connectivity index (χ0v) is 7.24. The maximum atomic E-state index is 4.09. The van der Waals surface area contributed by atoms with Gasteiger partial charge in [-0.3, -0.25) is 0 Å². The number of thiazole rings is 1. The highest BCUT2D eigenvalue weighted by molar-refractivity contribution is 7.80. The fourth-order valence-electron chi connectivity index (χ4n) is 0.583. The normalized spacial score (nSPS) is 10.9. The second kappa shape index (κ2) is 4.52. The van der Waals surface area contributed by atoms with Crippen LogP contribution in [-0.2, 0) is 0 Å². The third-order valence-electron chi connectivity index (χ3n) is 1.04. The van der Waals surface area contributed by atoms with Crippen molar-refractivity contribution in [1.82, 2.24) is 4.98 Å². The van der Waals surface area contributed by atoms with Gasteiger partial charge in [0.05, 0.1) is 11.2 Å². The van der Waals surface area contributed by atoms with Crippen LogP contribution in [0.5, 0.6) is 0 Å². The smallest absolute Gasteiger partial charge is 0.0798 e. The van der Waals surface area contributed by atoms with Gasteiger partial charge in [0, 0.05) is 5.38 Å². The van der Waals surface area contributed by atoms with E-state index < -0.39 is 0 Å². The molecule has 1 nitrogen and oxygen atoms in total. The molecule has 54 valence electrons. The Balaban J connectivity index is 2.40. The summed E-state index contributed by atoms with van der Waals surface area (Å²) >= 11 is 5.70. The van der Waals surface area contributed by atoms with Gasteiger partial charge in [-0.15, -0.1) is 11.3 Å². The van der Waals surface area contributed by atoms with Crippen LogP contribution in [0.25, 0.3) is 6.08 Å². The Bertz CT molecular complexity index is 191. The molecule has 0 atom stereocenters. The summed E-state index contributed by atoms with van der Waals surface area (Å²) < 4.78 is 0. The van der Waals surface area contributed by atoms with Crippen molar-refractivity contribution in [1.29, 1.82) is 0 Å². The van der Waals surface area contributed by atoms with Gasteiger partial charge in [0.2, 0.25) is 0 Å². The van der Waals surface area contributed by atoms with Crippen molar-refractivity contribution in [3.05, 3.63) is 22.7 Å². The van der Waals surface area contributed by atoms with Crippen LogP contribution in [0.3, 0.4) is 0 Å². The van der Waals surface area contributed by atoms with Crippen molar-refractivity contribution >= 4 is 30.0 Å². The Hall–Kier alpha value is -0.280. The van der Waals surface area contributed by atoms with Gasteiger partial charge in [0.1, 0.15) is 0 Å². The summed E-state index contributed by atoms with van der Waals surface area (Å²) in [4.78, 5) is 4.09. The van der Waals surface area contributed by atoms with E-state index in [-0.39, 0.29) is 0 Å². The molecule has 0 aliphatic rings. The van der Waals surface area contributed by atoms with Crippen molar-refractivity contribution < 1.29 is 0 Å². The molecule has 0 aliphatic carbocycles. The second-order valence-electron chi connectivity index (χ2n) is 1.83. The molecule has 1 aromatic rings. The Kier molecular flexibility index (Phi) is 3.54. The van der Waals surface area contributed by atoms with Gasteiger partial charge in [-0.2, -0.15) is 12.6 Å². The molecule has 1 heterocycles. The zero-order valence-electron chi connectivity index (χ0n) is 5.53. The molecule has 0 radical (unpaired) electrons. The van der Waals surface area contributed by atoms with Crippen molar-refractivity contribution in [3.8, 4) is 0 Å². The number of thiol groups is 1. The van der Waals surface area contributed by atoms with E-state index in [9.17, 15) is 0 Å². The highest BCUT2D eigenvalue weighted by Gasteiger charge is 1.84. The Labute approximate surface area is 70.2 Å². The first-order valence-corrected chi connectivity index (χ1v) is 4.66. The summed E-state index contributed by atoms with van der Waals surface area (Å²) in [6.45, 7) is 0. The van der Waals surface area contributed by atoms with Gasteiger partial charge in [0.25, 0.3) is 0 Å². The van der Waals surface area contributed by atoms with Crippen LogP contribution in [0.1, 0.15) is 12.1 Å². The molecule has 0 unspecified atom stereocenters. The lowest BCUT2D eigenvalue weighted by atomic mass is 10.3. The number of hydrogen-bond acceptors (Lipinski definition) is 3. The van der Waals surface area contributed by atoms with Crippen molar-refractivity contribution in [2.75, 3.05) is 5.75 Å². The van der Waals surface area contributed by atoms with Gasteiger partial charge in [0.15, 0.2) is 0 Å². The van der Waals surface area contributed by atoms with Crippen LogP contribution >= 0.6 is 24.0 Å². The van der Waals surface area contributed by atoms with Crippen molar-refractivity contribution in [2.24, 2.45) is 0 Å². The van der Waals surface area contributed by atoms with Crippen LogP contribution in [0.2, 0.25) is 0 Å². The van der Waals surface area contributed by atoms with Gasteiger partial charge in [-0.25, -0.2) is 4.98 Å². The topological polar surface area (TPSA) is 12.9 Å². The van der Waals surface area contributed by atoms with E-state index in [1.54, 1.807) is 11.3 Å². The molecule has 1 aromatic heterocycles. The Morgan fingerprint density at radius 1 is 1.70 bits per heavy atom. The van der Waals surface area contributed by atoms with Gasteiger partial charge < -0.3 is 0 Å². The third-order valence-corrected chi connectivity index (χ3v) is 1.90. The van der Waals surface area contributed by atoms with Crippen molar-refractivity contribution in [2.45, 2.75) is 6.42 Å². The SMILES string of the molecule is SCCC=Cc1cscn1. The number of rotatable bonds is 3. The highest BCUT2D eigenvalue weighted by atomic mass is 32.1. The Morgan fingerprint density at radius 3 is 3.20 bits per heavy atom. The third kappa shape index (κ3) is 2.54. The van der Waals surface area contributed by atoms with Crippen LogP contribution < -0.4 is 0 Å². The Morgan fingerprint density at radius 2 is 2.60 bits per heavy atom. The van der Waals surface area contributed by atoms with E-state index >= 15 is 0 Å². The quantitative estimate of drug-likeness (QED) is 0.689. The van der Waals surface area contributed by atoms with E-state index in [4.69, 9.17) is 0 Å². The van der Waals surface area contributed by atoms with E-state index in [2.05, 4.69) is 23.7 Å². The van der Waals surface area contributed by atoms with Crippen molar-refractivity contribution in [3.63, 3.8) is 0 Å². The molecular formula is C7H9NS2. The van der Waals surface area contributed by atoms with E-state index in [1.807, 2.05) is 17.0 Å². The molecule has 0 amide bonds. The summed E-state index contributed by atoms with van der Waals surface area (Å²) in [6, 6.07) is 0. The summed E-state index contributed by atoms with van der Waals surface area (Å²) in [6.07, 6.45) is 5.12. The molecule has 0 spiro atoms. The number of aromatic nitrogens is 1. The van der Waals surface area contributed by atoms with E-state index in [0.29, 0.717) is 0 Å².